The molecule has 3 rings (SSSR count). The van der Waals surface area contributed by atoms with Crippen molar-refractivity contribution in [2.45, 2.75) is 0 Å². The molecule has 0 spiro atoms. The fourth-order valence-corrected chi connectivity index (χ4v) is 2.21. The third kappa shape index (κ3) is 2.49. The van der Waals surface area contributed by atoms with Crippen molar-refractivity contribution in [2.24, 2.45) is 5.73 Å². The van der Waals surface area contributed by atoms with Gasteiger partial charge in [-0.3, -0.25) is 9.78 Å². The fourth-order valence-electron chi connectivity index (χ4n) is 2.21. The monoisotopic (exact) mass is 278 g/mol. The molecule has 0 saturated carbocycles. The summed E-state index contributed by atoms with van der Waals surface area (Å²) in [6.45, 7) is 0. The molecule has 0 aliphatic rings. The minimum Gasteiger partial charge on any atom is -0.398 e. The number of hydrogen-bond acceptors (Lipinski definition) is 4. The normalized spacial score (nSPS) is 10.5. The molecule has 5 nitrogen and oxygen atoms in total. The highest BCUT2D eigenvalue weighted by molar-refractivity contribution is 5.99. The van der Waals surface area contributed by atoms with E-state index in [0.29, 0.717) is 11.3 Å². The van der Waals surface area contributed by atoms with E-state index in [1.54, 1.807) is 24.4 Å². The van der Waals surface area contributed by atoms with E-state index in [9.17, 15) is 4.79 Å². The van der Waals surface area contributed by atoms with Crippen molar-refractivity contribution in [2.75, 3.05) is 11.1 Å². The van der Waals surface area contributed by atoms with Gasteiger partial charge in [-0.05, 0) is 30.3 Å². The Morgan fingerprint density at radius 1 is 1.10 bits per heavy atom. The molecule has 0 unspecified atom stereocenters. The van der Waals surface area contributed by atoms with Gasteiger partial charge < -0.3 is 16.8 Å². The summed E-state index contributed by atoms with van der Waals surface area (Å²) < 4.78 is 0. The number of nitrogens with one attached hydrogen (secondary N) is 1. The number of carbonyl (C=O) groups excluding carboxylic acids is 1. The van der Waals surface area contributed by atoms with E-state index < -0.39 is 5.91 Å². The van der Waals surface area contributed by atoms with Crippen LogP contribution in [0.25, 0.3) is 10.9 Å². The van der Waals surface area contributed by atoms with Gasteiger partial charge in [0.1, 0.15) is 0 Å². The van der Waals surface area contributed by atoms with E-state index in [1.165, 1.54) is 0 Å². The van der Waals surface area contributed by atoms with Gasteiger partial charge in [-0.2, -0.15) is 0 Å². The van der Waals surface area contributed by atoms with Crippen molar-refractivity contribution in [3.63, 3.8) is 0 Å². The quantitative estimate of drug-likeness (QED) is 0.642. The Balaban J connectivity index is 2.03. The maximum Gasteiger partial charge on any atom is 0.250 e. The Morgan fingerprint density at radius 3 is 2.71 bits per heavy atom. The molecule has 0 aliphatic heterocycles. The Labute approximate surface area is 121 Å². The number of nitrogens with two attached hydrogens (primary N) is 2. The van der Waals surface area contributed by atoms with Crippen LogP contribution >= 0.6 is 0 Å². The van der Waals surface area contributed by atoms with Crippen LogP contribution in [0, 0.1) is 0 Å². The molecule has 2 aromatic carbocycles. The Morgan fingerprint density at radius 2 is 1.90 bits per heavy atom. The van der Waals surface area contributed by atoms with Crippen molar-refractivity contribution in [1.82, 2.24) is 4.98 Å². The van der Waals surface area contributed by atoms with Crippen LogP contribution in [0.5, 0.6) is 0 Å². The highest BCUT2D eigenvalue weighted by Crippen LogP contribution is 2.26. The molecule has 104 valence electrons. The Hall–Kier alpha value is -3.08. The van der Waals surface area contributed by atoms with Crippen LogP contribution < -0.4 is 16.8 Å². The number of nitrogen functional groups attached to an aromatic ring is 1. The van der Waals surface area contributed by atoms with Gasteiger partial charge in [-0.15, -0.1) is 0 Å². The summed E-state index contributed by atoms with van der Waals surface area (Å²) in [5.74, 6) is -0.549. The number of pyridine rings is 1. The van der Waals surface area contributed by atoms with Crippen LogP contribution in [-0.4, -0.2) is 10.9 Å². The van der Waals surface area contributed by atoms with E-state index >= 15 is 0 Å². The zero-order valence-electron chi connectivity index (χ0n) is 11.2. The summed E-state index contributed by atoms with van der Waals surface area (Å²) in [5, 5.41) is 4.28. The number of carbonyl (C=O) groups is 1. The number of nitrogens with zero attached hydrogens (tertiary/aromatic N) is 1. The van der Waals surface area contributed by atoms with Gasteiger partial charge in [0, 0.05) is 23.0 Å². The van der Waals surface area contributed by atoms with E-state index in [2.05, 4.69) is 10.3 Å². The molecular formula is C16H14N4O. The van der Waals surface area contributed by atoms with Gasteiger partial charge in [0.25, 0.3) is 5.91 Å². The summed E-state index contributed by atoms with van der Waals surface area (Å²) >= 11 is 0. The molecule has 1 aromatic heterocycles. The summed E-state index contributed by atoms with van der Waals surface area (Å²) in [5.41, 5.74) is 14.2. The van der Waals surface area contributed by atoms with Crippen LogP contribution in [0.1, 0.15) is 10.4 Å². The molecule has 0 bridgehead atoms. The molecule has 3 aromatic rings. The molecule has 0 atom stereocenters. The van der Waals surface area contributed by atoms with Crippen LogP contribution in [0.3, 0.4) is 0 Å². The van der Waals surface area contributed by atoms with Crippen molar-refractivity contribution >= 4 is 33.9 Å². The summed E-state index contributed by atoms with van der Waals surface area (Å²) in [7, 11) is 0. The fraction of sp³-hybridized carbons (Fsp3) is 0. The topological polar surface area (TPSA) is 94.0 Å². The zero-order chi connectivity index (χ0) is 14.8. The van der Waals surface area contributed by atoms with Gasteiger partial charge in [0.15, 0.2) is 0 Å². The number of hydrogen-bond donors (Lipinski definition) is 3. The number of benzene rings is 2. The highest BCUT2D eigenvalue weighted by atomic mass is 16.1. The van der Waals surface area contributed by atoms with Crippen molar-refractivity contribution in [3.8, 4) is 0 Å². The lowest BCUT2D eigenvalue weighted by Gasteiger charge is -2.11. The van der Waals surface area contributed by atoms with Gasteiger partial charge >= 0.3 is 0 Å². The first-order valence-corrected chi connectivity index (χ1v) is 6.45. The summed E-state index contributed by atoms with van der Waals surface area (Å²) in [6, 6.07) is 14.8. The molecule has 5 heteroatoms. The third-order valence-electron chi connectivity index (χ3n) is 3.23. The SMILES string of the molecule is NC(=O)c1cc(Nc2cccc3cccnc23)ccc1N. The summed E-state index contributed by atoms with van der Waals surface area (Å²) in [4.78, 5) is 15.7. The molecule has 0 radical (unpaired) electrons. The molecule has 21 heavy (non-hydrogen) atoms. The molecule has 5 N–H and O–H groups in total. The number of fused-ring (bicyclic) bond motifs is 1. The molecular weight excluding hydrogens is 264 g/mol. The van der Waals surface area contributed by atoms with Crippen LogP contribution in [0.15, 0.2) is 54.7 Å². The predicted molar refractivity (Wildman–Crippen MR) is 84.4 cm³/mol. The molecule has 0 fully saturated rings. The van der Waals surface area contributed by atoms with Gasteiger partial charge in [-0.25, -0.2) is 0 Å². The Bertz CT molecular complexity index is 824. The molecule has 0 aliphatic carbocycles. The van der Waals surface area contributed by atoms with Crippen LogP contribution in [-0.2, 0) is 0 Å². The minimum atomic E-state index is -0.549. The Kier molecular flexibility index (Phi) is 3.16. The predicted octanol–water partition coefficient (Wildman–Crippen LogP) is 2.66. The first-order chi connectivity index (χ1) is 10.1. The zero-order valence-corrected chi connectivity index (χ0v) is 11.2. The average molecular weight is 278 g/mol. The van der Waals surface area contributed by atoms with Crippen molar-refractivity contribution in [1.29, 1.82) is 0 Å². The van der Waals surface area contributed by atoms with Crippen molar-refractivity contribution < 1.29 is 4.79 Å². The second kappa shape index (κ2) is 5.13. The number of rotatable bonds is 3. The first kappa shape index (κ1) is 12.9. The number of para-hydroxylation sites is 1. The standard InChI is InChI=1S/C16H14N4O/c17-13-7-6-11(9-12(13)16(18)21)20-14-5-1-3-10-4-2-8-19-15(10)14/h1-9,20H,17H2,(H2,18,21). The van der Waals surface area contributed by atoms with Gasteiger partial charge in [0.05, 0.1) is 16.8 Å². The third-order valence-corrected chi connectivity index (χ3v) is 3.23. The largest absolute Gasteiger partial charge is 0.398 e. The molecule has 0 saturated heterocycles. The van der Waals surface area contributed by atoms with E-state index in [1.807, 2.05) is 30.3 Å². The number of amides is 1. The maximum atomic E-state index is 11.3. The summed E-state index contributed by atoms with van der Waals surface area (Å²) in [6.07, 6.45) is 1.74. The van der Waals surface area contributed by atoms with Gasteiger partial charge in [-0.1, -0.05) is 18.2 Å². The number of aromatic nitrogens is 1. The second-order valence-corrected chi connectivity index (χ2v) is 4.67. The first-order valence-electron chi connectivity index (χ1n) is 6.45. The number of primary amides is 1. The van der Waals surface area contributed by atoms with E-state index in [0.717, 1.165) is 22.3 Å². The lowest BCUT2D eigenvalue weighted by Crippen LogP contribution is -2.13. The van der Waals surface area contributed by atoms with Crippen LogP contribution in [0.2, 0.25) is 0 Å². The molecule has 1 amide bonds. The minimum absolute atomic E-state index is 0.299. The smallest absolute Gasteiger partial charge is 0.250 e. The van der Waals surface area contributed by atoms with Crippen LogP contribution in [0.4, 0.5) is 17.1 Å². The highest BCUT2D eigenvalue weighted by Gasteiger charge is 2.08. The van der Waals surface area contributed by atoms with E-state index in [-0.39, 0.29) is 0 Å². The van der Waals surface area contributed by atoms with Gasteiger partial charge in [0.2, 0.25) is 0 Å². The average Bonchev–Trinajstić information content (AvgIpc) is 2.49. The number of anilines is 3. The second-order valence-electron chi connectivity index (χ2n) is 4.67. The maximum absolute atomic E-state index is 11.3. The molecule has 1 heterocycles. The lowest BCUT2D eigenvalue weighted by atomic mass is 10.1. The lowest BCUT2D eigenvalue weighted by molar-refractivity contribution is 0.100. The van der Waals surface area contributed by atoms with Crippen molar-refractivity contribution in [3.05, 3.63) is 60.3 Å². The van der Waals surface area contributed by atoms with E-state index in [4.69, 9.17) is 11.5 Å².